The van der Waals surface area contributed by atoms with Crippen molar-refractivity contribution in [2.24, 2.45) is 0 Å². The molecule has 122 valence electrons. The van der Waals surface area contributed by atoms with Crippen LogP contribution in [0.25, 0.3) is 11.4 Å². The summed E-state index contributed by atoms with van der Waals surface area (Å²) in [5.41, 5.74) is 3.49. The Labute approximate surface area is 138 Å². The Kier molecular flexibility index (Phi) is 3.70. The summed E-state index contributed by atoms with van der Waals surface area (Å²) < 4.78 is 0. The predicted octanol–water partition coefficient (Wildman–Crippen LogP) is 1.42. The Hall–Kier alpha value is -2.80. The van der Waals surface area contributed by atoms with Crippen molar-refractivity contribution in [2.75, 3.05) is 6.54 Å². The van der Waals surface area contributed by atoms with Gasteiger partial charge in [0.1, 0.15) is 11.6 Å². The summed E-state index contributed by atoms with van der Waals surface area (Å²) in [5, 5.41) is 0. The van der Waals surface area contributed by atoms with Gasteiger partial charge in [0, 0.05) is 49.4 Å². The van der Waals surface area contributed by atoms with Crippen LogP contribution in [0.1, 0.15) is 22.8 Å². The van der Waals surface area contributed by atoms with Crippen molar-refractivity contribution in [3.63, 3.8) is 0 Å². The Balaban J connectivity index is 1.59. The number of imidazole rings is 1. The number of pyridine rings is 1. The molecule has 0 atom stereocenters. The van der Waals surface area contributed by atoms with Gasteiger partial charge in [-0.15, -0.1) is 0 Å². The highest BCUT2D eigenvalue weighted by Crippen LogP contribution is 2.19. The predicted molar refractivity (Wildman–Crippen MR) is 89.2 cm³/mol. The molecule has 24 heavy (non-hydrogen) atoms. The molecule has 0 fully saturated rings. The number of aromatic amines is 2. The van der Waals surface area contributed by atoms with Gasteiger partial charge in [-0.1, -0.05) is 0 Å². The summed E-state index contributed by atoms with van der Waals surface area (Å²) in [5.74, 6) is 1.53. The van der Waals surface area contributed by atoms with Gasteiger partial charge in [0.2, 0.25) is 0 Å². The molecule has 7 heteroatoms. The fourth-order valence-corrected chi connectivity index (χ4v) is 3.02. The third kappa shape index (κ3) is 2.85. The maximum Gasteiger partial charge on any atom is 0.255 e. The molecule has 0 unspecified atom stereocenters. The standard InChI is InChI=1S/C17H18N6O/c1-11-8-19-15(20-11)10-23-7-4-14-13(9-23)17(24)22-16(21-14)12-2-5-18-6-3-12/h2-3,5-6,8H,4,7,9-10H2,1H3,(H,19,20)(H,21,22,24). The van der Waals surface area contributed by atoms with Crippen LogP contribution in [0.3, 0.4) is 0 Å². The number of rotatable bonds is 3. The summed E-state index contributed by atoms with van der Waals surface area (Å²) in [7, 11) is 0. The van der Waals surface area contributed by atoms with Crippen molar-refractivity contribution in [3.05, 3.63) is 63.9 Å². The Bertz CT molecular complexity index is 914. The zero-order valence-electron chi connectivity index (χ0n) is 13.4. The molecule has 0 saturated heterocycles. The normalized spacial score (nSPS) is 14.5. The lowest BCUT2D eigenvalue weighted by atomic mass is 10.1. The molecular formula is C17H18N6O. The van der Waals surface area contributed by atoms with E-state index < -0.39 is 0 Å². The number of aryl methyl sites for hydroxylation is 1. The van der Waals surface area contributed by atoms with Crippen LogP contribution in [0.5, 0.6) is 0 Å². The molecule has 1 aliphatic rings. The Morgan fingerprint density at radius 2 is 2.08 bits per heavy atom. The van der Waals surface area contributed by atoms with Crippen molar-refractivity contribution in [3.8, 4) is 11.4 Å². The van der Waals surface area contributed by atoms with E-state index >= 15 is 0 Å². The van der Waals surface area contributed by atoms with E-state index in [-0.39, 0.29) is 5.56 Å². The second-order valence-corrected chi connectivity index (χ2v) is 6.05. The van der Waals surface area contributed by atoms with Crippen LogP contribution in [0.2, 0.25) is 0 Å². The van der Waals surface area contributed by atoms with E-state index in [1.54, 1.807) is 12.4 Å². The van der Waals surface area contributed by atoms with Gasteiger partial charge in [-0.25, -0.2) is 9.97 Å². The highest BCUT2D eigenvalue weighted by Gasteiger charge is 2.22. The minimum absolute atomic E-state index is 0.0628. The molecule has 0 bridgehead atoms. The molecule has 0 spiro atoms. The van der Waals surface area contributed by atoms with Crippen LogP contribution in [-0.2, 0) is 19.5 Å². The summed E-state index contributed by atoms with van der Waals surface area (Å²) in [6, 6.07) is 3.69. The van der Waals surface area contributed by atoms with Crippen LogP contribution < -0.4 is 5.56 Å². The number of hydrogen-bond donors (Lipinski definition) is 2. The Morgan fingerprint density at radius 1 is 1.25 bits per heavy atom. The van der Waals surface area contributed by atoms with Crippen molar-refractivity contribution >= 4 is 0 Å². The van der Waals surface area contributed by atoms with Crippen LogP contribution in [-0.4, -0.2) is 36.4 Å². The zero-order valence-corrected chi connectivity index (χ0v) is 13.4. The van der Waals surface area contributed by atoms with Gasteiger partial charge >= 0.3 is 0 Å². The molecule has 7 nitrogen and oxygen atoms in total. The molecule has 4 rings (SSSR count). The number of fused-ring (bicyclic) bond motifs is 1. The zero-order chi connectivity index (χ0) is 16.5. The lowest BCUT2D eigenvalue weighted by molar-refractivity contribution is 0.236. The first-order valence-electron chi connectivity index (χ1n) is 7.94. The first kappa shape index (κ1) is 14.8. The molecule has 2 N–H and O–H groups in total. The summed E-state index contributed by atoms with van der Waals surface area (Å²) in [4.78, 5) is 33.8. The highest BCUT2D eigenvalue weighted by molar-refractivity contribution is 5.54. The lowest BCUT2D eigenvalue weighted by Crippen LogP contribution is -2.35. The molecule has 3 aromatic heterocycles. The molecule has 0 radical (unpaired) electrons. The quantitative estimate of drug-likeness (QED) is 0.761. The number of aromatic nitrogens is 5. The van der Waals surface area contributed by atoms with Gasteiger partial charge in [0.25, 0.3) is 5.56 Å². The van der Waals surface area contributed by atoms with Crippen LogP contribution >= 0.6 is 0 Å². The number of nitrogens with zero attached hydrogens (tertiary/aromatic N) is 4. The third-order valence-electron chi connectivity index (χ3n) is 4.23. The first-order valence-corrected chi connectivity index (χ1v) is 7.94. The monoisotopic (exact) mass is 322 g/mol. The molecule has 0 aromatic carbocycles. The largest absolute Gasteiger partial charge is 0.345 e. The summed E-state index contributed by atoms with van der Waals surface area (Å²) in [6.07, 6.45) is 5.98. The average Bonchev–Trinajstić information content (AvgIpc) is 3.01. The van der Waals surface area contributed by atoms with Crippen molar-refractivity contribution < 1.29 is 0 Å². The molecule has 0 amide bonds. The molecular weight excluding hydrogens is 304 g/mol. The highest BCUT2D eigenvalue weighted by atomic mass is 16.1. The topological polar surface area (TPSA) is 90.6 Å². The number of nitrogens with one attached hydrogen (secondary N) is 2. The van der Waals surface area contributed by atoms with Crippen LogP contribution in [0.4, 0.5) is 0 Å². The SMILES string of the molecule is Cc1cnc(CN2CCc3nc(-c4ccncc4)[nH]c(=O)c3C2)[nH]1. The average molecular weight is 322 g/mol. The molecule has 0 saturated carbocycles. The van der Waals surface area contributed by atoms with E-state index in [9.17, 15) is 4.79 Å². The minimum Gasteiger partial charge on any atom is -0.345 e. The van der Waals surface area contributed by atoms with Gasteiger partial charge < -0.3 is 9.97 Å². The van der Waals surface area contributed by atoms with E-state index in [0.717, 1.165) is 41.3 Å². The van der Waals surface area contributed by atoms with Gasteiger partial charge in [-0.3, -0.25) is 14.7 Å². The van der Waals surface area contributed by atoms with Gasteiger partial charge in [0.15, 0.2) is 0 Å². The maximum absolute atomic E-state index is 12.5. The van der Waals surface area contributed by atoms with Crippen molar-refractivity contribution in [1.29, 1.82) is 0 Å². The van der Waals surface area contributed by atoms with Crippen molar-refractivity contribution in [1.82, 2.24) is 29.8 Å². The fourth-order valence-electron chi connectivity index (χ4n) is 3.02. The third-order valence-corrected chi connectivity index (χ3v) is 4.23. The second-order valence-electron chi connectivity index (χ2n) is 6.05. The second kappa shape index (κ2) is 6.01. The first-order chi connectivity index (χ1) is 11.7. The van der Waals surface area contributed by atoms with E-state index in [4.69, 9.17) is 0 Å². The smallest absolute Gasteiger partial charge is 0.255 e. The number of hydrogen-bond acceptors (Lipinski definition) is 5. The lowest BCUT2D eigenvalue weighted by Gasteiger charge is -2.26. The Morgan fingerprint density at radius 3 is 2.83 bits per heavy atom. The molecule has 0 aliphatic carbocycles. The fraction of sp³-hybridized carbons (Fsp3) is 0.294. The van der Waals surface area contributed by atoms with Gasteiger partial charge in [0.05, 0.1) is 17.8 Å². The van der Waals surface area contributed by atoms with Crippen LogP contribution in [0, 0.1) is 6.92 Å². The summed E-state index contributed by atoms with van der Waals surface area (Å²) >= 11 is 0. The van der Waals surface area contributed by atoms with Gasteiger partial charge in [-0.2, -0.15) is 0 Å². The summed E-state index contributed by atoms with van der Waals surface area (Å²) in [6.45, 7) is 4.14. The molecule has 4 heterocycles. The van der Waals surface area contributed by atoms with E-state index in [1.807, 2.05) is 25.3 Å². The molecule has 1 aliphatic heterocycles. The molecule has 3 aromatic rings. The maximum atomic E-state index is 12.5. The van der Waals surface area contributed by atoms with Gasteiger partial charge in [-0.05, 0) is 19.1 Å². The van der Waals surface area contributed by atoms with E-state index in [0.29, 0.717) is 18.9 Å². The van der Waals surface area contributed by atoms with Crippen molar-refractivity contribution in [2.45, 2.75) is 26.4 Å². The van der Waals surface area contributed by atoms with Crippen LogP contribution in [0.15, 0.2) is 35.5 Å². The van der Waals surface area contributed by atoms with E-state index in [1.165, 1.54) is 0 Å². The minimum atomic E-state index is -0.0628. The number of H-pyrrole nitrogens is 2. The van der Waals surface area contributed by atoms with E-state index in [2.05, 4.69) is 29.8 Å².